The highest BCUT2D eigenvalue weighted by molar-refractivity contribution is 6.31. The first-order chi connectivity index (χ1) is 8.13. The monoisotopic (exact) mass is 252 g/mol. The summed E-state index contributed by atoms with van der Waals surface area (Å²) in [4.78, 5) is 2.44. The molecule has 0 amide bonds. The van der Waals surface area contributed by atoms with Gasteiger partial charge in [0.25, 0.3) is 0 Å². The molecular weight excluding hydrogens is 232 g/mol. The molecule has 0 saturated heterocycles. The molecule has 2 nitrogen and oxygen atoms in total. The Morgan fingerprint density at radius 1 is 1.41 bits per heavy atom. The second kappa shape index (κ2) is 5.28. The second-order valence-corrected chi connectivity index (χ2v) is 5.54. The molecule has 2 rings (SSSR count). The van der Waals surface area contributed by atoms with E-state index in [1.807, 2.05) is 12.1 Å². The van der Waals surface area contributed by atoms with E-state index in [0.29, 0.717) is 12.6 Å². The van der Waals surface area contributed by atoms with Crippen molar-refractivity contribution in [3.05, 3.63) is 28.8 Å². The Morgan fingerprint density at radius 3 is 2.65 bits per heavy atom. The van der Waals surface area contributed by atoms with Gasteiger partial charge in [0, 0.05) is 35.4 Å². The molecule has 0 aromatic heterocycles. The molecule has 1 aromatic carbocycles. The van der Waals surface area contributed by atoms with Crippen molar-refractivity contribution in [3.8, 4) is 0 Å². The van der Waals surface area contributed by atoms with Crippen LogP contribution in [0.3, 0.4) is 0 Å². The number of anilines is 1. The lowest BCUT2D eigenvalue weighted by Crippen LogP contribution is -2.33. The molecule has 3 heteroatoms. The van der Waals surface area contributed by atoms with Gasteiger partial charge >= 0.3 is 0 Å². The van der Waals surface area contributed by atoms with Gasteiger partial charge in [0.05, 0.1) is 0 Å². The van der Waals surface area contributed by atoms with Gasteiger partial charge in [0.2, 0.25) is 0 Å². The summed E-state index contributed by atoms with van der Waals surface area (Å²) in [5.41, 5.74) is 8.11. The van der Waals surface area contributed by atoms with Gasteiger partial charge < -0.3 is 10.6 Å². The van der Waals surface area contributed by atoms with E-state index < -0.39 is 0 Å². The Hall–Kier alpha value is -0.730. The zero-order valence-electron chi connectivity index (χ0n) is 10.6. The van der Waals surface area contributed by atoms with Crippen LogP contribution in [0.2, 0.25) is 5.02 Å². The Bertz CT molecular complexity index is 386. The van der Waals surface area contributed by atoms with Gasteiger partial charge in [-0.25, -0.2) is 0 Å². The van der Waals surface area contributed by atoms with Crippen molar-refractivity contribution in [2.45, 2.75) is 39.3 Å². The van der Waals surface area contributed by atoms with Crippen LogP contribution in [-0.2, 0) is 6.54 Å². The van der Waals surface area contributed by atoms with Crippen molar-refractivity contribution in [2.24, 2.45) is 11.7 Å². The van der Waals surface area contributed by atoms with E-state index in [1.165, 1.54) is 18.5 Å². The minimum atomic E-state index is 0.486. The van der Waals surface area contributed by atoms with E-state index in [2.05, 4.69) is 24.8 Å². The van der Waals surface area contributed by atoms with Crippen LogP contribution in [0.15, 0.2) is 18.2 Å². The molecule has 0 spiro atoms. The number of halogens is 1. The zero-order valence-corrected chi connectivity index (χ0v) is 11.4. The van der Waals surface area contributed by atoms with Crippen LogP contribution in [0, 0.1) is 5.92 Å². The molecule has 0 aliphatic heterocycles. The van der Waals surface area contributed by atoms with E-state index in [4.69, 9.17) is 17.3 Å². The van der Waals surface area contributed by atoms with E-state index >= 15 is 0 Å². The molecule has 0 radical (unpaired) electrons. The number of nitrogens with two attached hydrogens (primary N) is 1. The predicted molar refractivity (Wildman–Crippen MR) is 74.5 cm³/mol. The summed E-state index contributed by atoms with van der Waals surface area (Å²) in [5.74, 6) is 0.863. The normalized spacial score (nSPS) is 15.4. The van der Waals surface area contributed by atoms with Gasteiger partial charge in [0.15, 0.2) is 0 Å². The third-order valence-corrected chi connectivity index (χ3v) is 3.74. The summed E-state index contributed by atoms with van der Waals surface area (Å²) >= 11 is 6.22. The average molecular weight is 253 g/mol. The average Bonchev–Trinajstić information content (AvgIpc) is 3.09. The van der Waals surface area contributed by atoms with Crippen LogP contribution in [0.1, 0.15) is 32.3 Å². The highest BCUT2D eigenvalue weighted by atomic mass is 35.5. The number of hydrogen-bond donors (Lipinski definition) is 1. The fraction of sp³-hybridized carbons (Fsp3) is 0.571. The van der Waals surface area contributed by atoms with Crippen LogP contribution in [-0.4, -0.2) is 12.6 Å². The SMILES string of the molecule is CC(C)N(CC1CC1)c1cccc(Cl)c1CN. The van der Waals surface area contributed by atoms with Gasteiger partial charge in [-0.15, -0.1) is 0 Å². The van der Waals surface area contributed by atoms with Crippen molar-refractivity contribution < 1.29 is 0 Å². The molecule has 1 aliphatic carbocycles. The van der Waals surface area contributed by atoms with Gasteiger partial charge in [-0.05, 0) is 44.7 Å². The minimum absolute atomic E-state index is 0.486. The lowest BCUT2D eigenvalue weighted by Gasteiger charge is -2.31. The zero-order chi connectivity index (χ0) is 12.4. The van der Waals surface area contributed by atoms with E-state index in [9.17, 15) is 0 Å². The van der Waals surface area contributed by atoms with E-state index in [1.54, 1.807) is 0 Å². The molecule has 94 valence electrons. The maximum absolute atomic E-state index is 6.22. The smallest absolute Gasteiger partial charge is 0.0471 e. The Labute approximate surface area is 109 Å². The third kappa shape index (κ3) is 2.93. The van der Waals surface area contributed by atoms with Crippen LogP contribution < -0.4 is 10.6 Å². The molecule has 1 fully saturated rings. The second-order valence-electron chi connectivity index (χ2n) is 5.13. The van der Waals surface area contributed by atoms with Gasteiger partial charge in [-0.2, -0.15) is 0 Å². The van der Waals surface area contributed by atoms with E-state index in [-0.39, 0.29) is 0 Å². The Morgan fingerprint density at radius 2 is 2.12 bits per heavy atom. The highest BCUT2D eigenvalue weighted by Gasteiger charge is 2.26. The standard InChI is InChI=1S/C14H21ClN2/c1-10(2)17(9-11-6-7-11)14-5-3-4-13(15)12(14)8-16/h3-5,10-11H,6-9,16H2,1-2H3. The number of benzene rings is 1. The Kier molecular flexibility index (Phi) is 3.95. The van der Waals surface area contributed by atoms with Crippen LogP contribution in [0.4, 0.5) is 5.69 Å². The highest BCUT2D eigenvalue weighted by Crippen LogP contribution is 2.35. The first kappa shape index (κ1) is 12.7. The fourth-order valence-electron chi connectivity index (χ4n) is 2.18. The topological polar surface area (TPSA) is 29.3 Å². The summed E-state index contributed by atoms with van der Waals surface area (Å²) in [7, 11) is 0. The first-order valence-corrected chi connectivity index (χ1v) is 6.75. The van der Waals surface area contributed by atoms with Crippen LogP contribution in [0.5, 0.6) is 0 Å². The van der Waals surface area contributed by atoms with E-state index in [0.717, 1.165) is 23.0 Å². The minimum Gasteiger partial charge on any atom is -0.369 e. The van der Waals surface area contributed by atoms with Crippen molar-refractivity contribution in [1.82, 2.24) is 0 Å². The molecule has 0 bridgehead atoms. The summed E-state index contributed by atoms with van der Waals surface area (Å²) in [6.07, 6.45) is 2.73. The number of rotatable bonds is 5. The molecule has 2 N–H and O–H groups in total. The molecule has 1 aliphatic rings. The number of hydrogen-bond acceptors (Lipinski definition) is 2. The predicted octanol–water partition coefficient (Wildman–Crippen LogP) is 3.42. The fourth-order valence-corrected chi connectivity index (χ4v) is 2.43. The van der Waals surface area contributed by atoms with Crippen LogP contribution >= 0.6 is 11.6 Å². The molecule has 0 atom stereocenters. The van der Waals surface area contributed by atoms with Crippen molar-refractivity contribution in [2.75, 3.05) is 11.4 Å². The molecule has 1 saturated carbocycles. The molecular formula is C14H21ClN2. The maximum atomic E-state index is 6.22. The van der Waals surface area contributed by atoms with Gasteiger partial charge in [-0.1, -0.05) is 17.7 Å². The van der Waals surface area contributed by atoms with Crippen molar-refractivity contribution in [3.63, 3.8) is 0 Å². The maximum Gasteiger partial charge on any atom is 0.0471 e. The molecule has 0 heterocycles. The van der Waals surface area contributed by atoms with Gasteiger partial charge in [0.1, 0.15) is 0 Å². The summed E-state index contributed by atoms with van der Waals surface area (Å²) < 4.78 is 0. The van der Waals surface area contributed by atoms with Crippen LogP contribution in [0.25, 0.3) is 0 Å². The number of nitrogens with zero attached hydrogens (tertiary/aromatic N) is 1. The molecule has 1 aromatic rings. The van der Waals surface area contributed by atoms with Gasteiger partial charge in [-0.3, -0.25) is 0 Å². The summed E-state index contributed by atoms with van der Waals surface area (Å²) in [5, 5.41) is 0.784. The summed E-state index contributed by atoms with van der Waals surface area (Å²) in [6, 6.07) is 6.55. The third-order valence-electron chi connectivity index (χ3n) is 3.38. The molecule has 0 unspecified atom stereocenters. The lowest BCUT2D eigenvalue weighted by molar-refractivity contribution is 0.641. The lowest BCUT2D eigenvalue weighted by atomic mass is 10.1. The molecule has 17 heavy (non-hydrogen) atoms. The van der Waals surface area contributed by atoms with Crippen molar-refractivity contribution in [1.29, 1.82) is 0 Å². The Balaban J connectivity index is 2.30. The quantitative estimate of drug-likeness (QED) is 0.870. The summed E-state index contributed by atoms with van der Waals surface area (Å²) in [6.45, 7) is 6.08. The largest absolute Gasteiger partial charge is 0.369 e. The first-order valence-electron chi connectivity index (χ1n) is 6.37. The van der Waals surface area contributed by atoms with Crippen molar-refractivity contribution >= 4 is 17.3 Å².